The fourth-order valence-corrected chi connectivity index (χ4v) is 4.49. The molecule has 1 amide bonds. The topological polar surface area (TPSA) is 75.7 Å². The van der Waals surface area contributed by atoms with Crippen LogP contribution in [0.1, 0.15) is 11.1 Å². The fourth-order valence-electron chi connectivity index (χ4n) is 2.94. The molecule has 0 aromatic heterocycles. The second-order valence-corrected chi connectivity index (χ2v) is 9.61. The first-order valence-corrected chi connectivity index (χ1v) is 11.9. The zero-order valence-corrected chi connectivity index (χ0v) is 19.5. The summed E-state index contributed by atoms with van der Waals surface area (Å²) in [6.45, 7) is 4.00. The number of hydrogen-bond donors (Lipinski definition) is 1. The summed E-state index contributed by atoms with van der Waals surface area (Å²) < 4.78 is 33.3. The molecule has 3 aromatic rings. The van der Waals surface area contributed by atoms with Crippen LogP contribution in [0, 0.1) is 13.8 Å². The molecule has 0 saturated heterocycles. The monoisotopic (exact) mass is 472 g/mol. The lowest BCUT2D eigenvalue weighted by Gasteiger charge is -2.24. The third-order valence-corrected chi connectivity index (χ3v) is 6.76. The van der Waals surface area contributed by atoms with Crippen molar-refractivity contribution in [1.29, 1.82) is 0 Å². The predicted octanol–water partition coefficient (Wildman–Crippen LogP) is 4.35. The molecular formula is C24H25ClN2O4S. The quantitative estimate of drug-likeness (QED) is 0.470. The molecule has 0 heterocycles. The van der Waals surface area contributed by atoms with E-state index in [1.807, 2.05) is 38.1 Å². The molecule has 0 radical (unpaired) electrons. The first-order chi connectivity index (χ1) is 15.3. The number of carbonyl (C=O) groups excluding carboxylic acids is 1. The van der Waals surface area contributed by atoms with Gasteiger partial charge in [-0.15, -0.1) is 0 Å². The molecule has 0 unspecified atom stereocenters. The highest BCUT2D eigenvalue weighted by Crippen LogP contribution is 2.25. The average molecular weight is 473 g/mol. The van der Waals surface area contributed by atoms with E-state index in [-0.39, 0.29) is 24.6 Å². The molecule has 6 nitrogen and oxygen atoms in total. The minimum Gasteiger partial charge on any atom is -0.492 e. The zero-order chi connectivity index (χ0) is 23.1. The lowest BCUT2D eigenvalue weighted by molar-refractivity contribution is -0.119. The zero-order valence-electron chi connectivity index (χ0n) is 17.9. The number of hydrogen-bond acceptors (Lipinski definition) is 4. The second-order valence-electron chi connectivity index (χ2n) is 7.31. The number of nitrogens with zero attached hydrogens (tertiary/aromatic N) is 1. The second kappa shape index (κ2) is 10.5. The lowest BCUT2D eigenvalue weighted by atomic mass is 10.2. The SMILES string of the molecule is Cc1ccc(OCCNC(=O)CN(c2ccc(Cl)cc2)S(=O)(=O)c2ccc(C)cc2)cc1. The van der Waals surface area contributed by atoms with E-state index in [9.17, 15) is 13.2 Å². The van der Waals surface area contributed by atoms with Gasteiger partial charge in [-0.25, -0.2) is 8.42 Å². The molecule has 0 bridgehead atoms. The molecule has 0 aliphatic rings. The molecule has 0 saturated carbocycles. The van der Waals surface area contributed by atoms with Gasteiger partial charge in [0.25, 0.3) is 10.0 Å². The Hall–Kier alpha value is -3.03. The molecule has 3 aromatic carbocycles. The Bertz CT molecular complexity index is 1150. The molecule has 0 fully saturated rings. The minimum atomic E-state index is -3.96. The average Bonchev–Trinajstić information content (AvgIpc) is 2.77. The van der Waals surface area contributed by atoms with Crippen LogP contribution in [0.4, 0.5) is 5.69 Å². The number of amides is 1. The van der Waals surface area contributed by atoms with E-state index in [0.717, 1.165) is 15.4 Å². The summed E-state index contributed by atoms with van der Waals surface area (Å²) in [5.74, 6) is 0.262. The van der Waals surface area contributed by atoms with Gasteiger partial charge in [-0.3, -0.25) is 9.10 Å². The number of nitrogens with one attached hydrogen (secondary N) is 1. The molecule has 0 atom stereocenters. The van der Waals surface area contributed by atoms with Crippen LogP contribution >= 0.6 is 11.6 Å². The Kier molecular flexibility index (Phi) is 7.77. The Morgan fingerprint density at radius 1 is 0.906 bits per heavy atom. The number of benzene rings is 3. The van der Waals surface area contributed by atoms with Crippen LogP contribution < -0.4 is 14.4 Å². The first kappa shape index (κ1) is 23.6. The molecule has 1 N–H and O–H groups in total. The molecule has 0 spiro atoms. The van der Waals surface area contributed by atoms with Gasteiger partial charge in [0.1, 0.15) is 18.9 Å². The summed E-state index contributed by atoms with van der Waals surface area (Å²) in [4.78, 5) is 12.7. The summed E-state index contributed by atoms with van der Waals surface area (Å²) in [6, 6.07) is 20.4. The first-order valence-electron chi connectivity index (χ1n) is 10.1. The molecular weight excluding hydrogens is 448 g/mol. The Balaban J connectivity index is 1.69. The molecule has 8 heteroatoms. The minimum absolute atomic E-state index is 0.105. The molecule has 32 heavy (non-hydrogen) atoms. The fraction of sp³-hybridized carbons (Fsp3) is 0.208. The third-order valence-electron chi connectivity index (χ3n) is 4.72. The van der Waals surface area contributed by atoms with Crippen LogP contribution in [-0.4, -0.2) is 34.0 Å². The van der Waals surface area contributed by atoms with E-state index in [1.54, 1.807) is 36.4 Å². The van der Waals surface area contributed by atoms with Crippen molar-refractivity contribution in [2.75, 3.05) is 24.0 Å². The van der Waals surface area contributed by atoms with E-state index < -0.39 is 15.9 Å². The summed E-state index contributed by atoms with van der Waals surface area (Å²) in [7, 11) is -3.96. The van der Waals surface area contributed by atoms with Gasteiger partial charge in [0.15, 0.2) is 0 Å². The van der Waals surface area contributed by atoms with E-state index in [4.69, 9.17) is 16.3 Å². The predicted molar refractivity (Wildman–Crippen MR) is 127 cm³/mol. The van der Waals surface area contributed by atoms with Gasteiger partial charge in [0.2, 0.25) is 5.91 Å². The maximum Gasteiger partial charge on any atom is 0.264 e. The largest absolute Gasteiger partial charge is 0.492 e. The van der Waals surface area contributed by atoms with Crippen molar-refractivity contribution in [1.82, 2.24) is 5.32 Å². The van der Waals surface area contributed by atoms with Gasteiger partial charge in [0, 0.05) is 5.02 Å². The van der Waals surface area contributed by atoms with E-state index in [1.165, 1.54) is 12.1 Å². The van der Waals surface area contributed by atoms with E-state index in [2.05, 4.69) is 5.32 Å². The maximum absolute atomic E-state index is 13.3. The van der Waals surface area contributed by atoms with Crippen molar-refractivity contribution >= 4 is 33.2 Å². The van der Waals surface area contributed by atoms with Crippen LogP contribution in [0.5, 0.6) is 5.75 Å². The van der Waals surface area contributed by atoms with Crippen molar-refractivity contribution in [3.05, 3.63) is 88.9 Å². The van der Waals surface area contributed by atoms with Gasteiger partial charge >= 0.3 is 0 Å². The lowest BCUT2D eigenvalue weighted by Crippen LogP contribution is -2.41. The number of anilines is 1. The highest BCUT2D eigenvalue weighted by molar-refractivity contribution is 7.92. The van der Waals surface area contributed by atoms with Gasteiger partial charge in [-0.1, -0.05) is 47.0 Å². The number of aryl methyl sites for hydroxylation is 2. The molecule has 0 aliphatic heterocycles. The highest BCUT2D eigenvalue weighted by atomic mass is 35.5. The maximum atomic E-state index is 13.3. The van der Waals surface area contributed by atoms with Crippen molar-refractivity contribution in [3.8, 4) is 5.75 Å². The van der Waals surface area contributed by atoms with Crippen molar-refractivity contribution in [2.45, 2.75) is 18.7 Å². The smallest absolute Gasteiger partial charge is 0.264 e. The van der Waals surface area contributed by atoms with Crippen LogP contribution in [0.25, 0.3) is 0 Å². The third kappa shape index (κ3) is 6.24. The number of carbonyl (C=O) groups is 1. The van der Waals surface area contributed by atoms with Crippen molar-refractivity contribution in [2.24, 2.45) is 0 Å². The normalized spacial score (nSPS) is 11.1. The van der Waals surface area contributed by atoms with Crippen molar-refractivity contribution < 1.29 is 17.9 Å². The Labute approximate surface area is 193 Å². The van der Waals surface area contributed by atoms with E-state index >= 15 is 0 Å². The van der Waals surface area contributed by atoms with E-state index in [0.29, 0.717) is 16.5 Å². The molecule has 0 aliphatic carbocycles. The summed E-state index contributed by atoms with van der Waals surface area (Å²) in [6.07, 6.45) is 0. The summed E-state index contributed by atoms with van der Waals surface area (Å²) >= 11 is 5.95. The molecule has 3 rings (SSSR count). The van der Waals surface area contributed by atoms with Crippen LogP contribution in [0.2, 0.25) is 5.02 Å². The van der Waals surface area contributed by atoms with Gasteiger partial charge in [0.05, 0.1) is 17.1 Å². The van der Waals surface area contributed by atoms with Crippen LogP contribution in [0.15, 0.2) is 77.7 Å². The summed E-state index contributed by atoms with van der Waals surface area (Å²) in [5.41, 5.74) is 2.41. The van der Waals surface area contributed by atoms with Gasteiger partial charge < -0.3 is 10.1 Å². The number of rotatable bonds is 9. The van der Waals surface area contributed by atoms with Gasteiger partial charge in [-0.05, 0) is 62.4 Å². The summed E-state index contributed by atoms with van der Waals surface area (Å²) in [5, 5.41) is 3.18. The molecule has 168 valence electrons. The highest BCUT2D eigenvalue weighted by Gasteiger charge is 2.27. The van der Waals surface area contributed by atoms with Crippen molar-refractivity contribution in [3.63, 3.8) is 0 Å². The van der Waals surface area contributed by atoms with Crippen LogP contribution in [0.3, 0.4) is 0 Å². The van der Waals surface area contributed by atoms with Crippen LogP contribution in [-0.2, 0) is 14.8 Å². The number of sulfonamides is 1. The van der Waals surface area contributed by atoms with Gasteiger partial charge in [-0.2, -0.15) is 0 Å². The Morgan fingerprint density at radius 2 is 1.47 bits per heavy atom. The standard InChI is InChI=1S/C24H25ClN2O4S/c1-18-3-11-22(12-4-18)31-16-15-26-24(28)17-27(21-9-7-20(25)8-10-21)32(29,30)23-13-5-19(2)6-14-23/h3-14H,15-17H2,1-2H3,(H,26,28). The Morgan fingerprint density at radius 3 is 2.06 bits per heavy atom. The number of halogens is 1. The number of ether oxygens (including phenoxy) is 1.